The van der Waals surface area contributed by atoms with Crippen LogP contribution in [0, 0.1) is 6.92 Å². The van der Waals surface area contributed by atoms with E-state index < -0.39 is 20.0 Å². The zero-order valence-electron chi connectivity index (χ0n) is 19.0. The molecule has 0 unspecified atom stereocenters. The molecule has 0 N–H and O–H groups in total. The van der Waals surface area contributed by atoms with E-state index in [1.165, 1.54) is 26.8 Å². The molecule has 0 saturated carbocycles. The van der Waals surface area contributed by atoms with Crippen molar-refractivity contribution in [3.05, 3.63) is 58.6 Å². The number of hydrogen-bond donors (Lipinski definition) is 0. The van der Waals surface area contributed by atoms with E-state index in [0.717, 1.165) is 24.8 Å². The standard InChI is InChI=1S/C23H28ClN3O5S2/c1-18-5-8-20(9-6-18)33(29,30)27-15-13-25(14-16-27)23(28)19-7-10-21(24)22(17-19)34(31,32)26-11-3-2-4-12-26/h5-10,17H,2-4,11-16H2,1H3. The maximum absolute atomic E-state index is 13.1. The fraction of sp³-hybridized carbons (Fsp3) is 0.435. The number of aryl methyl sites for hydroxylation is 1. The normalized spacial score (nSPS) is 18.7. The van der Waals surface area contributed by atoms with Gasteiger partial charge in [-0.3, -0.25) is 4.79 Å². The average Bonchev–Trinajstić information content (AvgIpc) is 2.84. The molecule has 0 radical (unpaired) electrons. The van der Waals surface area contributed by atoms with Gasteiger partial charge in [-0.2, -0.15) is 8.61 Å². The van der Waals surface area contributed by atoms with E-state index in [2.05, 4.69) is 0 Å². The second-order valence-electron chi connectivity index (χ2n) is 8.62. The highest BCUT2D eigenvalue weighted by Crippen LogP contribution is 2.28. The summed E-state index contributed by atoms with van der Waals surface area (Å²) in [5, 5.41) is 0.0798. The van der Waals surface area contributed by atoms with Gasteiger partial charge in [-0.15, -0.1) is 0 Å². The lowest BCUT2D eigenvalue weighted by molar-refractivity contribution is 0.0697. The number of rotatable bonds is 5. The molecular formula is C23H28ClN3O5S2. The molecule has 2 aliphatic heterocycles. The number of piperidine rings is 1. The third kappa shape index (κ3) is 5.01. The van der Waals surface area contributed by atoms with Crippen LogP contribution in [0.25, 0.3) is 0 Å². The molecule has 2 fully saturated rings. The predicted octanol–water partition coefficient (Wildman–Crippen LogP) is 2.97. The molecule has 0 atom stereocenters. The van der Waals surface area contributed by atoms with E-state index >= 15 is 0 Å². The lowest BCUT2D eigenvalue weighted by Crippen LogP contribution is -2.50. The molecular weight excluding hydrogens is 498 g/mol. The first-order valence-electron chi connectivity index (χ1n) is 11.3. The van der Waals surface area contributed by atoms with Gasteiger partial charge in [-0.1, -0.05) is 35.7 Å². The molecule has 2 aromatic carbocycles. The largest absolute Gasteiger partial charge is 0.336 e. The van der Waals surface area contributed by atoms with Crippen molar-refractivity contribution < 1.29 is 21.6 Å². The van der Waals surface area contributed by atoms with Crippen LogP contribution in [-0.4, -0.2) is 75.5 Å². The molecule has 2 saturated heterocycles. The molecule has 184 valence electrons. The van der Waals surface area contributed by atoms with Crippen molar-refractivity contribution in [2.24, 2.45) is 0 Å². The van der Waals surface area contributed by atoms with Gasteiger partial charge in [-0.05, 0) is 50.1 Å². The maximum Gasteiger partial charge on any atom is 0.253 e. The van der Waals surface area contributed by atoms with E-state index in [9.17, 15) is 21.6 Å². The van der Waals surface area contributed by atoms with Gasteiger partial charge in [0.2, 0.25) is 20.0 Å². The van der Waals surface area contributed by atoms with Crippen molar-refractivity contribution >= 4 is 37.6 Å². The van der Waals surface area contributed by atoms with Crippen molar-refractivity contribution in [1.29, 1.82) is 0 Å². The Bertz CT molecular complexity index is 1270. The zero-order chi connectivity index (χ0) is 24.5. The summed E-state index contributed by atoms with van der Waals surface area (Å²) in [5.74, 6) is -0.348. The third-order valence-electron chi connectivity index (χ3n) is 6.30. The number of piperazine rings is 1. The molecule has 0 aliphatic carbocycles. The molecule has 11 heteroatoms. The highest BCUT2D eigenvalue weighted by atomic mass is 35.5. The zero-order valence-corrected chi connectivity index (χ0v) is 21.4. The van der Waals surface area contributed by atoms with Crippen molar-refractivity contribution in [3.63, 3.8) is 0 Å². The molecule has 0 bridgehead atoms. The van der Waals surface area contributed by atoms with Gasteiger partial charge in [-0.25, -0.2) is 16.8 Å². The fourth-order valence-electron chi connectivity index (χ4n) is 4.25. The molecule has 8 nitrogen and oxygen atoms in total. The van der Waals surface area contributed by atoms with Gasteiger partial charge in [0, 0.05) is 44.8 Å². The monoisotopic (exact) mass is 525 g/mol. The summed E-state index contributed by atoms with van der Waals surface area (Å²) in [6.45, 7) is 3.51. The van der Waals surface area contributed by atoms with Crippen LogP contribution in [0.2, 0.25) is 5.02 Å². The van der Waals surface area contributed by atoms with Gasteiger partial charge in [0.05, 0.1) is 9.92 Å². The number of halogens is 1. The van der Waals surface area contributed by atoms with Crippen molar-refractivity contribution in [1.82, 2.24) is 13.5 Å². The van der Waals surface area contributed by atoms with Crippen molar-refractivity contribution in [2.45, 2.75) is 36.0 Å². The first-order valence-corrected chi connectivity index (χ1v) is 14.5. The first kappa shape index (κ1) is 25.1. The second-order valence-corrected chi connectivity index (χ2v) is 12.9. The Morgan fingerprint density at radius 2 is 1.35 bits per heavy atom. The van der Waals surface area contributed by atoms with E-state index in [4.69, 9.17) is 11.6 Å². The molecule has 0 spiro atoms. The molecule has 2 aliphatic rings. The number of carbonyl (C=O) groups is 1. The average molecular weight is 526 g/mol. The van der Waals surface area contributed by atoms with Crippen LogP contribution in [0.5, 0.6) is 0 Å². The summed E-state index contributed by atoms with van der Waals surface area (Å²) in [5.41, 5.74) is 1.19. The number of benzene rings is 2. The van der Waals surface area contributed by atoms with Crippen LogP contribution in [0.4, 0.5) is 0 Å². The summed E-state index contributed by atoms with van der Waals surface area (Å²) < 4.78 is 54.9. The first-order chi connectivity index (χ1) is 16.1. The number of nitrogens with zero attached hydrogens (tertiary/aromatic N) is 3. The van der Waals surface area contributed by atoms with Crippen molar-refractivity contribution in [3.8, 4) is 0 Å². The summed E-state index contributed by atoms with van der Waals surface area (Å²) in [7, 11) is -7.44. The second kappa shape index (κ2) is 9.94. The quantitative estimate of drug-likeness (QED) is 0.598. The van der Waals surface area contributed by atoms with Crippen LogP contribution in [0.15, 0.2) is 52.3 Å². The summed E-state index contributed by atoms with van der Waals surface area (Å²) in [6.07, 6.45) is 2.58. The summed E-state index contributed by atoms with van der Waals surface area (Å²) >= 11 is 6.22. The van der Waals surface area contributed by atoms with Crippen molar-refractivity contribution in [2.75, 3.05) is 39.3 Å². The molecule has 2 aromatic rings. The number of amides is 1. The Labute approximate surface area is 206 Å². The number of sulfonamides is 2. The van der Waals surface area contributed by atoms with Crippen LogP contribution in [0.3, 0.4) is 0 Å². The van der Waals surface area contributed by atoms with Gasteiger partial charge < -0.3 is 4.90 Å². The lowest BCUT2D eigenvalue weighted by atomic mass is 10.2. The SMILES string of the molecule is Cc1ccc(S(=O)(=O)N2CCN(C(=O)c3ccc(Cl)c(S(=O)(=O)N4CCCCC4)c3)CC2)cc1. The third-order valence-corrected chi connectivity index (χ3v) is 10.6. The minimum Gasteiger partial charge on any atom is -0.336 e. The minimum absolute atomic E-state index is 0.0671. The van der Waals surface area contributed by atoms with Crippen LogP contribution >= 0.6 is 11.6 Å². The van der Waals surface area contributed by atoms with Crippen LogP contribution in [0.1, 0.15) is 35.2 Å². The fourth-order valence-corrected chi connectivity index (χ4v) is 7.69. The molecule has 0 aromatic heterocycles. The van der Waals surface area contributed by atoms with E-state index in [-0.39, 0.29) is 52.5 Å². The molecule has 2 heterocycles. The van der Waals surface area contributed by atoms with Gasteiger partial charge in [0.15, 0.2) is 0 Å². The van der Waals surface area contributed by atoms with E-state index in [1.807, 2.05) is 6.92 Å². The van der Waals surface area contributed by atoms with Gasteiger partial charge >= 0.3 is 0 Å². The Balaban J connectivity index is 1.48. The summed E-state index contributed by atoms with van der Waals surface area (Å²) in [6, 6.07) is 11.0. The Morgan fingerprint density at radius 1 is 0.765 bits per heavy atom. The molecule has 4 rings (SSSR count). The van der Waals surface area contributed by atoms with Gasteiger partial charge in [0.1, 0.15) is 4.90 Å². The van der Waals surface area contributed by atoms with E-state index in [1.54, 1.807) is 29.2 Å². The predicted molar refractivity (Wildman–Crippen MR) is 130 cm³/mol. The smallest absolute Gasteiger partial charge is 0.253 e. The highest BCUT2D eigenvalue weighted by Gasteiger charge is 2.32. The Hall–Kier alpha value is -1.98. The van der Waals surface area contributed by atoms with Crippen LogP contribution in [-0.2, 0) is 20.0 Å². The Morgan fingerprint density at radius 3 is 1.97 bits per heavy atom. The minimum atomic E-state index is -3.80. The molecule has 34 heavy (non-hydrogen) atoms. The lowest BCUT2D eigenvalue weighted by Gasteiger charge is -2.34. The topological polar surface area (TPSA) is 95.1 Å². The maximum atomic E-state index is 13.1. The highest BCUT2D eigenvalue weighted by molar-refractivity contribution is 7.89. The Kier molecular flexibility index (Phi) is 7.35. The number of carbonyl (C=O) groups excluding carboxylic acids is 1. The van der Waals surface area contributed by atoms with E-state index in [0.29, 0.717) is 13.1 Å². The summed E-state index contributed by atoms with van der Waals surface area (Å²) in [4.78, 5) is 14.8. The molecule has 1 amide bonds. The van der Waals surface area contributed by atoms with Gasteiger partial charge in [0.25, 0.3) is 5.91 Å². The number of hydrogen-bond acceptors (Lipinski definition) is 5. The van der Waals surface area contributed by atoms with Crippen LogP contribution < -0.4 is 0 Å².